The van der Waals surface area contributed by atoms with Crippen LogP contribution >= 0.6 is 0 Å². The lowest BCUT2D eigenvalue weighted by Crippen LogP contribution is -2.44. The Labute approximate surface area is 190 Å². The maximum atomic E-state index is 12.3. The number of amides is 1. The van der Waals surface area contributed by atoms with Gasteiger partial charge in [-0.3, -0.25) is 5.01 Å². The second-order valence-electron chi connectivity index (χ2n) is 10.7. The van der Waals surface area contributed by atoms with Gasteiger partial charge in [0.15, 0.2) is 0 Å². The summed E-state index contributed by atoms with van der Waals surface area (Å²) in [6, 6.07) is 0.230. The summed E-state index contributed by atoms with van der Waals surface area (Å²) >= 11 is 0. The Bertz CT molecular complexity index is 623. The molecule has 3 rings (SSSR count). The Morgan fingerprint density at radius 1 is 1.13 bits per heavy atom. The minimum absolute atomic E-state index is 0.123. The Kier molecular flexibility index (Phi) is 8.12. The lowest BCUT2D eigenvalue weighted by atomic mass is 9.69. The van der Waals surface area contributed by atoms with Crippen LogP contribution in [-0.4, -0.2) is 71.8 Å². The zero-order valence-electron chi connectivity index (χ0n) is 21.4. The molecule has 0 aromatic carbocycles. The fourth-order valence-electron chi connectivity index (χ4n) is 4.04. The molecule has 2 atom stereocenters. The monoisotopic (exact) mass is 437 g/mol. The first-order valence-electron chi connectivity index (χ1n) is 11.9. The van der Waals surface area contributed by atoms with Gasteiger partial charge < -0.3 is 18.9 Å². The number of likely N-dealkylation sites (tertiary alicyclic amines) is 1. The van der Waals surface area contributed by atoms with Gasteiger partial charge in [0, 0.05) is 25.8 Å². The molecule has 3 aliphatic rings. The first-order chi connectivity index (χ1) is 14.3. The van der Waals surface area contributed by atoms with Crippen molar-refractivity contribution in [3.63, 3.8) is 0 Å². The zero-order chi connectivity index (χ0) is 23.6. The summed E-state index contributed by atoms with van der Waals surface area (Å²) in [4.78, 5) is 14.1. The van der Waals surface area contributed by atoms with E-state index >= 15 is 0 Å². The highest BCUT2D eigenvalue weighted by atomic mass is 16.7. The molecule has 2 unspecified atom stereocenters. The lowest BCUT2D eigenvalue weighted by molar-refractivity contribution is 0.00578. The molecule has 0 aliphatic carbocycles. The molecule has 0 bridgehead atoms. The maximum Gasteiger partial charge on any atom is 0.469 e. The van der Waals surface area contributed by atoms with Crippen molar-refractivity contribution in [3.05, 3.63) is 0 Å². The number of piperidine rings is 1. The number of ether oxygens (including phenoxy) is 1. The molecular formula is C23H44BN3O4. The van der Waals surface area contributed by atoms with Gasteiger partial charge in [0.05, 0.1) is 23.1 Å². The van der Waals surface area contributed by atoms with Crippen molar-refractivity contribution < 1.29 is 18.8 Å². The Morgan fingerprint density at radius 3 is 2.13 bits per heavy atom. The van der Waals surface area contributed by atoms with E-state index in [1.165, 1.54) is 0 Å². The number of hydrogen-bond acceptors (Lipinski definition) is 6. The third-order valence-corrected chi connectivity index (χ3v) is 6.71. The molecule has 7 nitrogen and oxygen atoms in total. The summed E-state index contributed by atoms with van der Waals surface area (Å²) in [5.74, 6) is 0.642. The molecule has 0 spiro atoms. The maximum absolute atomic E-state index is 12.3. The van der Waals surface area contributed by atoms with Crippen LogP contribution < -0.4 is 0 Å². The average Bonchev–Trinajstić information content (AvgIpc) is 3.12. The second kappa shape index (κ2) is 9.69. The van der Waals surface area contributed by atoms with Crippen LogP contribution in [0.4, 0.5) is 4.79 Å². The molecule has 0 aromatic heterocycles. The van der Waals surface area contributed by atoms with Crippen molar-refractivity contribution >= 4 is 19.4 Å². The highest BCUT2D eigenvalue weighted by Gasteiger charge is 2.55. The van der Waals surface area contributed by atoms with E-state index < -0.39 is 5.60 Å². The Hall–Kier alpha value is -1.28. The normalized spacial score (nSPS) is 27.9. The van der Waals surface area contributed by atoms with E-state index in [-0.39, 0.29) is 36.3 Å². The van der Waals surface area contributed by atoms with Crippen LogP contribution in [0.5, 0.6) is 0 Å². The van der Waals surface area contributed by atoms with Crippen LogP contribution in [0.25, 0.3) is 0 Å². The van der Waals surface area contributed by atoms with Gasteiger partial charge >= 0.3 is 13.2 Å². The van der Waals surface area contributed by atoms with Crippen LogP contribution in [0.2, 0.25) is 5.82 Å². The summed E-state index contributed by atoms with van der Waals surface area (Å²) in [7, 11) is -0.266. The van der Waals surface area contributed by atoms with Crippen molar-refractivity contribution in [3.8, 4) is 0 Å². The van der Waals surface area contributed by atoms with E-state index in [0.29, 0.717) is 5.92 Å². The minimum atomic E-state index is -0.448. The SMILES string of the molecule is CC.CC1C(B2OC(C)(C)C(C)(C)O2)C=NN1CC1CCN(C(=O)OC(C)(C)C)CC1. The van der Waals surface area contributed by atoms with Crippen molar-refractivity contribution in [2.75, 3.05) is 19.6 Å². The summed E-state index contributed by atoms with van der Waals surface area (Å²) < 4.78 is 18.0. The molecule has 0 saturated carbocycles. The van der Waals surface area contributed by atoms with Crippen molar-refractivity contribution in [2.45, 2.75) is 111 Å². The molecule has 31 heavy (non-hydrogen) atoms. The average molecular weight is 437 g/mol. The third-order valence-electron chi connectivity index (χ3n) is 6.71. The Morgan fingerprint density at radius 2 is 1.65 bits per heavy atom. The van der Waals surface area contributed by atoms with E-state index in [1.54, 1.807) is 0 Å². The topological polar surface area (TPSA) is 63.6 Å². The van der Waals surface area contributed by atoms with Crippen LogP contribution in [0, 0.1) is 5.92 Å². The van der Waals surface area contributed by atoms with Gasteiger partial charge in [0.1, 0.15) is 5.60 Å². The van der Waals surface area contributed by atoms with Crippen LogP contribution in [0.1, 0.15) is 82.1 Å². The molecule has 2 saturated heterocycles. The summed E-state index contributed by atoms with van der Waals surface area (Å²) in [6.45, 7) is 22.6. The van der Waals surface area contributed by atoms with Gasteiger partial charge in [-0.2, -0.15) is 5.10 Å². The summed E-state index contributed by atoms with van der Waals surface area (Å²) in [6.07, 6.45) is 3.73. The smallest absolute Gasteiger partial charge is 0.444 e. The number of hydrazone groups is 1. The van der Waals surface area contributed by atoms with Gasteiger partial charge in [-0.15, -0.1) is 0 Å². The number of rotatable bonds is 3. The summed E-state index contributed by atoms with van der Waals surface area (Å²) in [5, 5.41) is 6.85. The van der Waals surface area contributed by atoms with Gasteiger partial charge in [-0.05, 0) is 74.1 Å². The fourth-order valence-corrected chi connectivity index (χ4v) is 4.04. The second-order valence-corrected chi connectivity index (χ2v) is 10.7. The van der Waals surface area contributed by atoms with Gasteiger partial charge in [-0.1, -0.05) is 13.8 Å². The quantitative estimate of drug-likeness (QED) is 0.593. The molecule has 0 N–H and O–H groups in total. The highest BCUT2D eigenvalue weighted by Crippen LogP contribution is 2.42. The zero-order valence-corrected chi connectivity index (χ0v) is 21.4. The van der Waals surface area contributed by atoms with Crippen molar-refractivity contribution in [2.24, 2.45) is 11.0 Å². The molecule has 8 heteroatoms. The number of carbonyl (C=O) groups is 1. The molecule has 1 amide bonds. The van der Waals surface area contributed by atoms with E-state index in [4.69, 9.17) is 14.0 Å². The van der Waals surface area contributed by atoms with Crippen LogP contribution in [-0.2, 0) is 14.0 Å². The van der Waals surface area contributed by atoms with Crippen LogP contribution in [0.15, 0.2) is 5.10 Å². The summed E-state index contributed by atoms with van der Waals surface area (Å²) in [5.41, 5.74) is -1.10. The van der Waals surface area contributed by atoms with Crippen molar-refractivity contribution in [1.82, 2.24) is 9.91 Å². The molecule has 3 heterocycles. The molecule has 3 aliphatic heterocycles. The van der Waals surface area contributed by atoms with Crippen LogP contribution in [0.3, 0.4) is 0 Å². The predicted molar refractivity (Wildman–Crippen MR) is 126 cm³/mol. The fraction of sp³-hybridized carbons (Fsp3) is 0.913. The highest BCUT2D eigenvalue weighted by molar-refractivity contribution is 6.52. The number of nitrogens with zero attached hydrogens (tertiary/aromatic N) is 3. The standard InChI is InChI=1S/C21H38BN3O4.C2H6/c1-15-17(22-28-20(5,6)21(7,8)29-22)13-23-25(15)14-16-9-11-24(12-10-16)18(26)27-19(2,3)4;1-2/h13,15-17H,9-12,14H2,1-8H3;1-2H3. The Balaban J connectivity index is 0.00000166. The first-order valence-corrected chi connectivity index (χ1v) is 11.9. The van der Waals surface area contributed by atoms with Crippen molar-refractivity contribution in [1.29, 1.82) is 0 Å². The molecular weight excluding hydrogens is 393 g/mol. The molecule has 178 valence electrons. The first kappa shape index (κ1) is 26.0. The minimum Gasteiger partial charge on any atom is -0.444 e. The van der Waals surface area contributed by atoms with E-state index in [2.05, 4.69) is 44.7 Å². The van der Waals surface area contributed by atoms with Gasteiger partial charge in [-0.25, -0.2) is 4.79 Å². The van der Waals surface area contributed by atoms with E-state index in [1.807, 2.05) is 45.7 Å². The lowest BCUT2D eigenvalue weighted by Gasteiger charge is -2.35. The predicted octanol–water partition coefficient (Wildman–Crippen LogP) is 4.81. The largest absolute Gasteiger partial charge is 0.469 e. The third kappa shape index (κ3) is 6.16. The van der Waals surface area contributed by atoms with Gasteiger partial charge in [0.2, 0.25) is 0 Å². The molecule has 2 fully saturated rings. The number of hydrogen-bond donors (Lipinski definition) is 0. The number of carbonyl (C=O) groups excluding carboxylic acids is 1. The van der Waals surface area contributed by atoms with Gasteiger partial charge in [0.25, 0.3) is 0 Å². The molecule has 0 aromatic rings. The molecule has 0 radical (unpaired) electrons. The van der Waals surface area contributed by atoms with E-state index in [9.17, 15) is 4.79 Å². The van der Waals surface area contributed by atoms with E-state index in [0.717, 1.165) is 32.5 Å².